The smallest absolute Gasteiger partial charge is 0.0925 e. The van der Waals surface area contributed by atoms with Gasteiger partial charge in [-0.2, -0.15) is 0 Å². The summed E-state index contributed by atoms with van der Waals surface area (Å²) in [6, 6.07) is 7.90. The third kappa shape index (κ3) is 3.52. The molecule has 3 heteroatoms. The molecule has 0 saturated carbocycles. The van der Waals surface area contributed by atoms with Crippen molar-refractivity contribution in [1.82, 2.24) is 0 Å². The van der Waals surface area contributed by atoms with E-state index in [0.29, 0.717) is 5.25 Å². The Hall–Kier alpha value is -0.180. The largest absolute Gasteiger partial charge is 0.387 e. The molecule has 0 aromatic heterocycles. The number of hydrogen-bond acceptors (Lipinski definition) is 2. The second-order valence-electron chi connectivity index (χ2n) is 3.41. The Kier molecular flexibility index (Phi) is 4.79. The van der Waals surface area contributed by atoms with Crippen molar-refractivity contribution in [3.05, 3.63) is 29.8 Å². The summed E-state index contributed by atoms with van der Waals surface area (Å²) in [6.45, 7) is 4.32. The SMILES string of the molecule is CC(C)Sc1ccc(C(O)CCl)cc1. The van der Waals surface area contributed by atoms with Gasteiger partial charge in [-0.1, -0.05) is 26.0 Å². The van der Waals surface area contributed by atoms with Crippen LogP contribution in [-0.4, -0.2) is 16.2 Å². The monoisotopic (exact) mass is 230 g/mol. The molecule has 1 rings (SSSR count). The van der Waals surface area contributed by atoms with E-state index in [1.807, 2.05) is 36.0 Å². The third-order valence-corrected chi connectivity index (χ3v) is 3.09. The van der Waals surface area contributed by atoms with Crippen LogP contribution in [0.2, 0.25) is 0 Å². The van der Waals surface area contributed by atoms with Crippen molar-refractivity contribution in [1.29, 1.82) is 0 Å². The zero-order chi connectivity index (χ0) is 10.6. The van der Waals surface area contributed by atoms with Gasteiger partial charge in [-0.15, -0.1) is 23.4 Å². The lowest BCUT2D eigenvalue weighted by molar-refractivity contribution is 0.202. The molecular weight excluding hydrogens is 216 g/mol. The first-order valence-electron chi connectivity index (χ1n) is 4.64. The molecule has 0 aliphatic rings. The predicted molar refractivity (Wildman–Crippen MR) is 63.1 cm³/mol. The van der Waals surface area contributed by atoms with Crippen molar-refractivity contribution in [2.45, 2.75) is 30.1 Å². The van der Waals surface area contributed by atoms with Crippen LogP contribution in [0.4, 0.5) is 0 Å². The maximum absolute atomic E-state index is 9.46. The number of hydrogen-bond donors (Lipinski definition) is 1. The van der Waals surface area contributed by atoms with Crippen LogP contribution in [0.3, 0.4) is 0 Å². The summed E-state index contributed by atoms with van der Waals surface area (Å²) in [5, 5.41) is 10.0. The van der Waals surface area contributed by atoms with Gasteiger partial charge in [0, 0.05) is 10.1 Å². The summed E-state index contributed by atoms with van der Waals surface area (Å²) in [5.41, 5.74) is 0.883. The average molecular weight is 231 g/mol. The molecule has 1 aromatic rings. The van der Waals surface area contributed by atoms with Crippen LogP contribution in [0.5, 0.6) is 0 Å². The first kappa shape index (κ1) is 11.9. The lowest BCUT2D eigenvalue weighted by Gasteiger charge is -2.09. The molecule has 1 N–H and O–H groups in total. The third-order valence-electron chi connectivity index (χ3n) is 1.78. The lowest BCUT2D eigenvalue weighted by Crippen LogP contribution is -1.97. The normalized spacial score (nSPS) is 13.2. The van der Waals surface area contributed by atoms with E-state index >= 15 is 0 Å². The molecule has 1 nitrogen and oxygen atoms in total. The molecule has 0 amide bonds. The van der Waals surface area contributed by atoms with E-state index in [1.54, 1.807) is 0 Å². The molecule has 1 aromatic carbocycles. The molecule has 1 atom stereocenters. The zero-order valence-corrected chi connectivity index (χ0v) is 9.98. The maximum Gasteiger partial charge on any atom is 0.0925 e. The minimum atomic E-state index is -0.547. The molecule has 0 aliphatic heterocycles. The summed E-state index contributed by atoms with van der Waals surface area (Å²) in [6.07, 6.45) is -0.547. The Morgan fingerprint density at radius 3 is 2.29 bits per heavy atom. The van der Waals surface area contributed by atoms with Crippen LogP contribution in [0, 0.1) is 0 Å². The van der Waals surface area contributed by atoms with Crippen molar-refractivity contribution in [2.24, 2.45) is 0 Å². The van der Waals surface area contributed by atoms with Crippen molar-refractivity contribution >= 4 is 23.4 Å². The van der Waals surface area contributed by atoms with E-state index in [4.69, 9.17) is 11.6 Å². The van der Waals surface area contributed by atoms with Crippen LogP contribution < -0.4 is 0 Å². The van der Waals surface area contributed by atoms with Gasteiger partial charge in [0.15, 0.2) is 0 Å². The Labute approximate surface area is 94.5 Å². The number of aliphatic hydroxyl groups excluding tert-OH is 1. The van der Waals surface area contributed by atoms with E-state index in [-0.39, 0.29) is 5.88 Å². The van der Waals surface area contributed by atoms with Crippen LogP contribution >= 0.6 is 23.4 Å². The highest BCUT2D eigenvalue weighted by molar-refractivity contribution is 7.99. The standard InChI is InChI=1S/C11H15ClOS/c1-8(2)14-10-5-3-9(4-6-10)11(13)7-12/h3-6,8,11,13H,7H2,1-2H3. The van der Waals surface area contributed by atoms with E-state index in [0.717, 1.165) is 5.56 Å². The molecule has 0 spiro atoms. The number of aliphatic hydroxyl groups is 1. The molecule has 0 radical (unpaired) electrons. The highest BCUT2D eigenvalue weighted by Crippen LogP contribution is 2.24. The molecule has 0 aliphatic carbocycles. The second-order valence-corrected chi connectivity index (χ2v) is 5.36. The van der Waals surface area contributed by atoms with Gasteiger partial charge in [0.2, 0.25) is 0 Å². The van der Waals surface area contributed by atoms with Gasteiger partial charge >= 0.3 is 0 Å². The van der Waals surface area contributed by atoms with Gasteiger partial charge in [0.1, 0.15) is 0 Å². The highest BCUT2D eigenvalue weighted by Gasteiger charge is 2.05. The fourth-order valence-corrected chi connectivity index (χ4v) is 2.15. The Morgan fingerprint density at radius 1 is 1.29 bits per heavy atom. The molecule has 0 saturated heterocycles. The minimum Gasteiger partial charge on any atom is -0.387 e. The lowest BCUT2D eigenvalue weighted by atomic mass is 10.1. The van der Waals surface area contributed by atoms with Gasteiger partial charge < -0.3 is 5.11 Å². The van der Waals surface area contributed by atoms with Crippen molar-refractivity contribution in [3.8, 4) is 0 Å². The van der Waals surface area contributed by atoms with Crippen molar-refractivity contribution in [2.75, 3.05) is 5.88 Å². The van der Waals surface area contributed by atoms with Gasteiger partial charge in [-0.3, -0.25) is 0 Å². The van der Waals surface area contributed by atoms with Gasteiger partial charge in [0.05, 0.1) is 12.0 Å². The van der Waals surface area contributed by atoms with E-state index in [9.17, 15) is 5.11 Å². The Bertz CT molecular complexity index is 271. The number of alkyl halides is 1. The number of halogens is 1. The quantitative estimate of drug-likeness (QED) is 0.632. The van der Waals surface area contributed by atoms with Gasteiger partial charge in [-0.25, -0.2) is 0 Å². The van der Waals surface area contributed by atoms with Crippen LogP contribution in [0.25, 0.3) is 0 Å². The maximum atomic E-state index is 9.46. The van der Waals surface area contributed by atoms with E-state index in [1.165, 1.54) is 4.90 Å². The summed E-state index contributed by atoms with van der Waals surface area (Å²) >= 11 is 7.37. The molecule has 1 unspecified atom stereocenters. The molecule has 0 heterocycles. The zero-order valence-electron chi connectivity index (χ0n) is 8.40. The van der Waals surface area contributed by atoms with E-state index in [2.05, 4.69) is 13.8 Å². The van der Waals surface area contributed by atoms with Crippen LogP contribution in [-0.2, 0) is 0 Å². The van der Waals surface area contributed by atoms with Crippen LogP contribution in [0.15, 0.2) is 29.2 Å². The fraction of sp³-hybridized carbons (Fsp3) is 0.455. The van der Waals surface area contributed by atoms with Crippen molar-refractivity contribution in [3.63, 3.8) is 0 Å². The van der Waals surface area contributed by atoms with Crippen molar-refractivity contribution < 1.29 is 5.11 Å². The molecule has 78 valence electrons. The predicted octanol–water partition coefficient (Wildman–Crippen LogP) is 3.46. The van der Waals surface area contributed by atoms with Gasteiger partial charge in [0.25, 0.3) is 0 Å². The highest BCUT2D eigenvalue weighted by atomic mass is 35.5. The van der Waals surface area contributed by atoms with Gasteiger partial charge in [-0.05, 0) is 17.7 Å². The fourth-order valence-electron chi connectivity index (χ4n) is 1.13. The number of benzene rings is 1. The van der Waals surface area contributed by atoms with E-state index < -0.39 is 6.10 Å². The average Bonchev–Trinajstić information content (AvgIpc) is 2.17. The van der Waals surface area contributed by atoms with Crippen LogP contribution in [0.1, 0.15) is 25.5 Å². The first-order valence-corrected chi connectivity index (χ1v) is 6.05. The Balaban J connectivity index is 2.68. The molecule has 0 fully saturated rings. The summed E-state index contributed by atoms with van der Waals surface area (Å²) < 4.78 is 0. The number of rotatable bonds is 4. The molecule has 14 heavy (non-hydrogen) atoms. The minimum absolute atomic E-state index is 0.247. The summed E-state index contributed by atoms with van der Waals surface area (Å²) in [7, 11) is 0. The summed E-state index contributed by atoms with van der Waals surface area (Å²) in [5.74, 6) is 0.247. The topological polar surface area (TPSA) is 20.2 Å². The molecular formula is C11H15ClOS. The second kappa shape index (κ2) is 5.64. The first-order chi connectivity index (χ1) is 6.63. The Morgan fingerprint density at radius 2 is 1.86 bits per heavy atom. The molecule has 0 bridgehead atoms. The summed E-state index contributed by atoms with van der Waals surface area (Å²) in [4.78, 5) is 1.23. The number of thioether (sulfide) groups is 1.